The zero-order valence-corrected chi connectivity index (χ0v) is 12.2. The molecule has 6 heteroatoms. The van der Waals surface area contributed by atoms with Crippen molar-refractivity contribution in [3.05, 3.63) is 33.9 Å². The number of hydrogen-bond donors (Lipinski definition) is 1. The molecule has 1 N–H and O–H groups in total. The topological polar surface area (TPSA) is 81.5 Å². The predicted molar refractivity (Wildman–Crippen MR) is 77.0 cm³/mol. The van der Waals surface area contributed by atoms with Gasteiger partial charge in [0, 0.05) is 11.6 Å². The Morgan fingerprint density at radius 1 is 1.40 bits per heavy atom. The van der Waals surface area contributed by atoms with E-state index in [-0.39, 0.29) is 16.8 Å². The lowest BCUT2D eigenvalue weighted by Gasteiger charge is -2.29. The number of carbonyl (C=O) groups excluding carboxylic acids is 1. The summed E-state index contributed by atoms with van der Waals surface area (Å²) < 4.78 is 4.64. The second-order valence-electron chi connectivity index (χ2n) is 4.87. The van der Waals surface area contributed by atoms with Crippen LogP contribution in [-0.4, -0.2) is 23.5 Å². The van der Waals surface area contributed by atoms with Crippen LogP contribution in [0.15, 0.2) is 18.2 Å². The van der Waals surface area contributed by atoms with Crippen molar-refractivity contribution in [2.75, 3.05) is 12.4 Å². The molecule has 1 rings (SSSR count). The smallest absolute Gasteiger partial charge is 0.337 e. The van der Waals surface area contributed by atoms with E-state index in [1.54, 1.807) is 0 Å². The van der Waals surface area contributed by atoms with E-state index in [4.69, 9.17) is 0 Å². The van der Waals surface area contributed by atoms with Crippen LogP contribution in [0.1, 0.15) is 44.0 Å². The second-order valence-corrected chi connectivity index (χ2v) is 4.87. The van der Waals surface area contributed by atoms with Crippen LogP contribution in [0, 0.1) is 10.1 Å². The summed E-state index contributed by atoms with van der Waals surface area (Å²) in [5.74, 6) is -0.516. The van der Waals surface area contributed by atoms with E-state index < -0.39 is 10.9 Å². The zero-order valence-electron chi connectivity index (χ0n) is 12.2. The van der Waals surface area contributed by atoms with Crippen LogP contribution in [-0.2, 0) is 4.74 Å². The maximum absolute atomic E-state index is 11.5. The van der Waals surface area contributed by atoms with E-state index in [0.29, 0.717) is 5.69 Å². The van der Waals surface area contributed by atoms with E-state index in [1.807, 2.05) is 20.8 Å². The minimum Gasteiger partial charge on any atom is -0.465 e. The SMILES string of the molecule is CCC(C)(CC)Nc1cc(C(=O)OC)ccc1[N+](=O)[O-]. The summed E-state index contributed by atoms with van der Waals surface area (Å²) in [6.45, 7) is 6.00. The molecule has 0 unspecified atom stereocenters. The highest BCUT2D eigenvalue weighted by Crippen LogP contribution is 2.30. The normalized spacial score (nSPS) is 11.0. The molecule has 110 valence electrons. The lowest BCUT2D eigenvalue weighted by Crippen LogP contribution is -2.33. The largest absolute Gasteiger partial charge is 0.465 e. The number of nitro groups is 1. The van der Waals surface area contributed by atoms with Gasteiger partial charge in [-0.1, -0.05) is 13.8 Å². The van der Waals surface area contributed by atoms with Gasteiger partial charge in [-0.3, -0.25) is 10.1 Å². The fourth-order valence-corrected chi connectivity index (χ4v) is 1.79. The number of nitrogens with zero attached hydrogens (tertiary/aromatic N) is 1. The number of ether oxygens (including phenoxy) is 1. The third-order valence-corrected chi connectivity index (χ3v) is 3.61. The highest BCUT2D eigenvalue weighted by Gasteiger charge is 2.24. The van der Waals surface area contributed by atoms with E-state index >= 15 is 0 Å². The predicted octanol–water partition coefficient (Wildman–Crippen LogP) is 3.37. The second kappa shape index (κ2) is 6.36. The Morgan fingerprint density at radius 3 is 2.45 bits per heavy atom. The molecule has 0 amide bonds. The van der Waals surface area contributed by atoms with Crippen LogP contribution < -0.4 is 5.32 Å². The van der Waals surface area contributed by atoms with Gasteiger partial charge in [0.1, 0.15) is 5.69 Å². The number of anilines is 1. The summed E-state index contributed by atoms with van der Waals surface area (Å²) >= 11 is 0. The number of benzene rings is 1. The summed E-state index contributed by atoms with van der Waals surface area (Å²) in [5.41, 5.74) is 0.310. The molecule has 0 radical (unpaired) electrons. The molecule has 0 spiro atoms. The molecule has 0 aromatic heterocycles. The molecule has 0 saturated carbocycles. The van der Waals surface area contributed by atoms with Gasteiger partial charge in [0.25, 0.3) is 5.69 Å². The Kier molecular flexibility index (Phi) is 5.07. The summed E-state index contributed by atoms with van der Waals surface area (Å²) in [5, 5.41) is 14.3. The number of nitrogens with one attached hydrogen (secondary N) is 1. The molecule has 0 saturated heterocycles. The molecule has 0 atom stereocenters. The minimum absolute atomic E-state index is 0.0502. The van der Waals surface area contributed by atoms with E-state index in [1.165, 1.54) is 25.3 Å². The molecule has 1 aromatic carbocycles. The Hall–Kier alpha value is -2.11. The first-order chi connectivity index (χ1) is 9.36. The summed E-state index contributed by atoms with van der Waals surface area (Å²) in [6.07, 6.45) is 1.62. The highest BCUT2D eigenvalue weighted by molar-refractivity contribution is 5.91. The molecular formula is C14H20N2O4. The molecule has 0 fully saturated rings. The van der Waals surface area contributed by atoms with Crippen molar-refractivity contribution in [1.82, 2.24) is 0 Å². The molecule has 0 aliphatic heterocycles. The lowest BCUT2D eigenvalue weighted by molar-refractivity contribution is -0.384. The van der Waals surface area contributed by atoms with Gasteiger partial charge in [-0.2, -0.15) is 0 Å². The third-order valence-electron chi connectivity index (χ3n) is 3.61. The van der Waals surface area contributed by atoms with Crippen molar-refractivity contribution in [2.45, 2.75) is 39.2 Å². The minimum atomic E-state index is -0.516. The van der Waals surface area contributed by atoms with E-state index in [2.05, 4.69) is 10.1 Å². The number of carbonyl (C=O) groups is 1. The van der Waals surface area contributed by atoms with Gasteiger partial charge in [0.05, 0.1) is 17.6 Å². The molecule has 0 bridgehead atoms. The number of esters is 1. The van der Waals surface area contributed by atoms with Crippen LogP contribution in [0.25, 0.3) is 0 Å². The first-order valence-corrected chi connectivity index (χ1v) is 6.51. The van der Waals surface area contributed by atoms with Gasteiger partial charge in [-0.25, -0.2) is 4.79 Å². The summed E-state index contributed by atoms with van der Waals surface area (Å²) in [7, 11) is 1.28. The maximum Gasteiger partial charge on any atom is 0.337 e. The Labute approximate surface area is 118 Å². The lowest BCUT2D eigenvalue weighted by atomic mass is 9.95. The van der Waals surface area contributed by atoms with Crippen molar-refractivity contribution in [3.8, 4) is 0 Å². The monoisotopic (exact) mass is 280 g/mol. The fourth-order valence-electron chi connectivity index (χ4n) is 1.79. The van der Waals surface area contributed by atoms with Crippen molar-refractivity contribution in [2.24, 2.45) is 0 Å². The highest BCUT2D eigenvalue weighted by atomic mass is 16.6. The number of nitro benzene ring substituents is 1. The molecule has 6 nitrogen and oxygen atoms in total. The van der Waals surface area contributed by atoms with Gasteiger partial charge in [-0.15, -0.1) is 0 Å². The molecule has 1 aromatic rings. The molecule has 0 aliphatic rings. The van der Waals surface area contributed by atoms with Crippen molar-refractivity contribution < 1.29 is 14.5 Å². The first-order valence-electron chi connectivity index (χ1n) is 6.51. The van der Waals surface area contributed by atoms with Crippen molar-refractivity contribution in [1.29, 1.82) is 0 Å². The number of methoxy groups -OCH3 is 1. The Balaban J connectivity index is 3.25. The molecule has 0 heterocycles. The number of hydrogen-bond acceptors (Lipinski definition) is 5. The van der Waals surface area contributed by atoms with E-state index in [9.17, 15) is 14.9 Å². The Morgan fingerprint density at radius 2 is 2.00 bits per heavy atom. The van der Waals surface area contributed by atoms with Crippen LogP contribution in [0.5, 0.6) is 0 Å². The fraction of sp³-hybridized carbons (Fsp3) is 0.500. The quantitative estimate of drug-likeness (QED) is 0.491. The zero-order chi connectivity index (χ0) is 15.3. The van der Waals surface area contributed by atoms with Crippen molar-refractivity contribution in [3.63, 3.8) is 0 Å². The van der Waals surface area contributed by atoms with Crippen LogP contribution in [0.4, 0.5) is 11.4 Å². The average molecular weight is 280 g/mol. The van der Waals surface area contributed by atoms with Crippen molar-refractivity contribution >= 4 is 17.3 Å². The molecule has 0 aliphatic carbocycles. The van der Waals surface area contributed by atoms with Gasteiger partial charge in [-0.05, 0) is 31.9 Å². The van der Waals surface area contributed by atoms with Gasteiger partial charge in [0.15, 0.2) is 0 Å². The Bertz CT molecular complexity index is 510. The maximum atomic E-state index is 11.5. The van der Waals surface area contributed by atoms with E-state index in [0.717, 1.165) is 12.8 Å². The number of rotatable bonds is 6. The van der Waals surface area contributed by atoms with Gasteiger partial charge in [0.2, 0.25) is 0 Å². The van der Waals surface area contributed by atoms with Crippen LogP contribution >= 0.6 is 0 Å². The van der Waals surface area contributed by atoms with Crippen LogP contribution in [0.3, 0.4) is 0 Å². The van der Waals surface area contributed by atoms with Crippen LogP contribution in [0.2, 0.25) is 0 Å². The third kappa shape index (κ3) is 3.46. The van der Waals surface area contributed by atoms with Gasteiger partial charge >= 0.3 is 5.97 Å². The summed E-state index contributed by atoms with van der Waals surface area (Å²) in [6, 6.07) is 4.18. The molecule has 20 heavy (non-hydrogen) atoms. The first kappa shape index (κ1) is 15.9. The summed E-state index contributed by atoms with van der Waals surface area (Å²) in [4.78, 5) is 22.2. The van der Waals surface area contributed by atoms with Gasteiger partial charge < -0.3 is 10.1 Å². The average Bonchev–Trinajstić information content (AvgIpc) is 2.45. The molecular weight excluding hydrogens is 260 g/mol. The standard InChI is InChI=1S/C14H20N2O4/c1-5-14(3,6-2)15-11-9-10(13(17)20-4)7-8-12(11)16(18)19/h7-9,15H,5-6H2,1-4H3.